The van der Waals surface area contributed by atoms with Crippen molar-refractivity contribution in [2.24, 2.45) is 11.8 Å². The van der Waals surface area contributed by atoms with Crippen LogP contribution in [0.25, 0.3) is 0 Å². The first-order chi connectivity index (χ1) is 10.5. The highest BCUT2D eigenvalue weighted by Crippen LogP contribution is 2.21. The van der Waals surface area contributed by atoms with E-state index in [1.165, 1.54) is 13.5 Å². The fourth-order valence-corrected chi connectivity index (χ4v) is 3.53. The summed E-state index contributed by atoms with van der Waals surface area (Å²) in [6.07, 6.45) is 1.21. The van der Waals surface area contributed by atoms with Gasteiger partial charge in [-0.2, -0.15) is 0 Å². The molecule has 0 aromatic heterocycles. The highest BCUT2D eigenvalue weighted by molar-refractivity contribution is 5.79. The van der Waals surface area contributed by atoms with Gasteiger partial charge in [0.05, 0.1) is 6.54 Å². The lowest BCUT2D eigenvalue weighted by Gasteiger charge is -2.38. The zero-order valence-electron chi connectivity index (χ0n) is 14.1. The zero-order valence-corrected chi connectivity index (χ0v) is 14.1. The second-order valence-electron chi connectivity index (χ2n) is 6.83. The van der Waals surface area contributed by atoms with Crippen molar-refractivity contribution in [3.05, 3.63) is 0 Å². The van der Waals surface area contributed by atoms with Gasteiger partial charge in [0, 0.05) is 46.4 Å². The molecule has 0 N–H and O–H groups in total. The minimum Gasteiger partial charge on any atom is -0.375 e. The summed E-state index contributed by atoms with van der Waals surface area (Å²) in [5, 5.41) is 0. The number of carbonyl (C=O) groups is 2. The summed E-state index contributed by atoms with van der Waals surface area (Å²) in [5.74, 6) is 1.45. The van der Waals surface area contributed by atoms with Crippen LogP contribution in [0.15, 0.2) is 0 Å². The largest absolute Gasteiger partial charge is 0.375 e. The van der Waals surface area contributed by atoms with Crippen LogP contribution in [0.1, 0.15) is 20.3 Å². The molecule has 0 aliphatic carbocycles. The second kappa shape index (κ2) is 7.92. The van der Waals surface area contributed by atoms with Crippen molar-refractivity contribution >= 4 is 11.8 Å². The van der Waals surface area contributed by atoms with Gasteiger partial charge in [-0.3, -0.25) is 14.5 Å². The molecule has 2 saturated heterocycles. The van der Waals surface area contributed by atoms with Crippen LogP contribution < -0.4 is 0 Å². The molecule has 6 heteroatoms. The van der Waals surface area contributed by atoms with Crippen molar-refractivity contribution in [1.29, 1.82) is 0 Å². The first kappa shape index (κ1) is 17.2. The number of amides is 2. The highest BCUT2D eigenvalue weighted by atomic mass is 16.5. The molecular formula is C16H29N3O3. The summed E-state index contributed by atoms with van der Waals surface area (Å²) in [4.78, 5) is 30.2. The Labute approximate surface area is 133 Å². The summed E-state index contributed by atoms with van der Waals surface area (Å²) in [7, 11) is 1.54. The van der Waals surface area contributed by atoms with E-state index in [0.717, 1.165) is 26.2 Å². The Morgan fingerprint density at radius 3 is 2.09 bits per heavy atom. The number of piperazine rings is 1. The topological polar surface area (TPSA) is 53.1 Å². The van der Waals surface area contributed by atoms with E-state index >= 15 is 0 Å². The molecule has 126 valence electrons. The van der Waals surface area contributed by atoms with Crippen molar-refractivity contribution < 1.29 is 14.3 Å². The van der Waals surface area contributed by atoms with Gasteiger partial charge >= 0.3 is 0 Å². The van der Waals surface area contributed by atoms with Crippen molar-refractivity contribution in [1.82, 2.24) is 14.7 Å². The Hall–Kier alpha value is -1.14. The molecule has 2 fully saturated rings. The normalized spacial score (nSPS) is 27.0. The molecular weight excluding hydrogens is 282 g/mol. The number of rotatable bonds is 4. The second-order valence-corrected chi connectivity index (χ2v) is 6.83. The third-order valence-electron chi connectivity index (χ3n) is 4.57. The van der Waals surface area contributed by atoms with E-state index in [9.17, 15) is 9.59 Å². The molecule has 2 unspecified atom stereocenters. The van der Waals surface area contributed by atoms with Gasteiger partial charge in [0.25, 0.3) is 0 Å². The maximum absolute atomic E-state index is 12.5. The molecule has 0 spiro atoms. The Balaban J connectivity index is 1.76. The summed E-state index contributed by atoms with van der Waals surface area (Å²) in [6, 6.07) is 0. The van der Waals surface area contributed by atoms with Crippen LogP contribution in [0.3, 0.4) is 0 Å². The van der Waals surface area contributed by atoms with Crippen LogP contribution in [-0.2, 0) is 14.3 Å². The van der Waals surface area contributed by atoms with Gasteiger partial charge < -0.3 is 14.5 Å². The standard InChI is InChI=1S/C16H29N3O3/c1-13-8-14(2)10-19(9-13)15(20)11-17-4-6-18(7-5-17)16(21)12-22-3/h13-14H,4-12H2,1-3H3. The van der Waals surface area contributed by atoms with E-state index in [0.29, 0.717) is 31.5 Å². The molecule has 0 radical (unpaired) electrons. The molecule has 0 saturated carbocycles. The maximum atomic E-state index is 12.5. The molecule has 22 heavy (non-hydrogen) atoms. The third kappa shape index (κ3) is 4.68. The molecule has 2 heterocycles. The van der Waals surface area contributed by atoms with Gasteiger partial charge in [-0.1, -0.05) is 13.8 Å². The fraction of sp³-hybridized carbons (Fsp3) is 0.875. The summed E-state index contributed by atoms with van der Waals surface area (Å²) >= 11 is 0. The Morgan fingerprint density at radius 2 is 1.55 bits per heavy atom. The van der Waals surface area contributed by atoms with Gasteiger partial charge in [0.15, 0.2) is 0 Å². The maximum Gasteiger partial charge on any atom is 0.248 e. The van der Waals surface area contributed by atoms with Crippen LogP contribution in [-0.4, -0.2) is 86.0 Å². The fourth-order valence-electron chi connectivity index (χ4n) is 3.53. The number of piperidine rings is 1. The van der Waals surface area contributed by atoms with Gasteiger partial charge in [-0.05, 0) is 18.3 Å². The van der Waals surface area contributed by atoms with Gasteiger partial charge in [0.1, 0.15) is 6.61 Å². The van der Waals surface area contributed by atoms with E-state index in [4.69, 9.17) is 4.74 Å². The summed E-state index contributed by atoms with van der Waals surface area (Å²) in [6.45, 7) is 9.72. The molecule has 6 nitrogen and oxygen atoms in total. The number of carbonyl (C=O) groups excluding carboxylic acids is 2. The molecule has 2 atom stereocenters. The quantitative estimate of drug-likeness (QED) is 0.748. The average molecular weight is 311 g/mol. The number of hydrogen-bond acceptors (Lipinski definition) is 4. The third-order valence-corrected chi connectivity index (χ3v) is 4.57. The van der Waals surface area contributed by atoms with Crippen LogP contribution in [0.4, 0.5) is 0 Å². The minimum absolute atomic E-state index is 0.0344. The lowest BCUT2D eigenvalue weighted by Crippen LogP contribution is -2.53. The molecule has 0 bridgehead atoms. The number of nitrogens with zero attached hydrogens (tertiary/aromatic N) is 3. The lowest BCUT2D eigenvalue weighted by atomic mass is 9.92. The van der Waals surface area contributed by atoms with E-state index in [1.54, 1.807) is 0 Å². The molecule has 2 rings (SSSR count). The SMILES string of the molecule is COCC(=O)N1CCN(CC(=O)N2CC(C)CC(C)C2)CC1. The van der Waals surface area contributed by atoms with Crippen molar-refractivity contribution in [3.8, 4) is 0 Å². The van der Waals surface area contributed by atoms with Crippen LogP contribution in [0.2, 0.25) is 0 Å². The van der Waals surface area contributed by atoms with Gasteiger partial charge in [0.2, 0.25) is 11.8 Å². The summed E-state index contributed by atoms with van der Waals surface area (Å²) in [5.41, 5.74) is 0. The molecule has 2 aliphatic rings. The summed E-state index contributed by atoms with van der Waals surface area (Å²) < 4.78 is 4.88. The predicted molar refractivity (Wildman–Crippen MR) is 84.4 cm³/mol. The van der Waals surface area contributed by atoms with Gasteiger partial charge in [-0.25, -0.2) is 0 Å². The number of hydrogen-bond donors (Lipinski definition) is 0. The molecule has 2 amide bonds. The number of likely N-dealkylation sites (tertiary alicyclic amines) is 1. The van der Waals surface area contributed by atoms with Gasteiger partial charge in [-0.15, -0.1) is 0 Å². The Morgan fingerprint density at radius 1 is 0.955 bits per heavy atom. The van der Waals surface area contributed by atoms with Crippen molar-refractivity contribution in [2.75, 3.05) is 59.5 Å². The van der Waals surface area contributed by atoms with E-state index in [1.807, 2.05) is 9.80 Å². The average Bonchev–Trinajstić information content (AvgIpc) is 2.47. The Kier molecular flexibility index (Phi) is 6.20. The molecule has 2 aliphatic heterocycles. The minimum atomic E-state index is 0.0344. The van der Waals surface area contributed by atoms with Crippen molar-refractivity contribution in [2.45, 2.75) is 20.3 Å². The van der Waals surface area contributed by atoms with Crippen LogP contribution in [0, 0.1) is 11.8 Å². The van der Waals surface area contributed by atoms with Crippen LogP contribution in [0.5, 0.6) is 0 Å². The predicted octanol–water partition coefficient (Wildman–Crippen LogP) is 0.282. The first-order valence-electron chi connectivity index (χ1n) is 8.26. The lowest BCUT2D eigenvalue weighted by molar-refractivity contribution is -0.138. The highest BCUT2D eigenvalue weighted by Gasteiger charge is 2.28. The van der Waals surface area contributed by atoms with E-state index in [-0.39, 0.29) is 18.4 Å². The van der Waals surface area contributed by atoms with E-state index in [2.05, 4.69) is 18.7 Å². The van der Waals surface area contributed by atoms with Crippen molar-refractivity contribution in [3.63, 3.8) is 0 Å². The number of methoxy groups -OCH3 is 1. The molecule has 0 aromatic carbocycles. The Bertz CT molecular complexity index is 384. The number of ether oxygens (including phenoxy) is 1. The monoisotopic (exact) mass is 311 g/mol. The smallest absolute Gasteiger partial charge is 0.248 e. The van der Waals surface area contributed by atoms with E-state index < -0.39 is 0 Å². The zero-order chi connectivity index (χ0) is 16.1. The van der Waals surface area contributed by atoms with Crippen LogP contribution >= 0.6 is 0 Å². The first-order valence-corrected chi connectivity index (χ1v) is 8.26. The molecule has 0 aromatic rings.